The first kappa shape index (κ1) is 23.1. The Morgan fingerprint density at radius 3 is 2.23 bits per heavy atom. The lowest BCUT2D eigenvalue weighted by Crippen LogP contribution is -2.48. The fraction of sp³-hybridized carbons (Fsp3) is 0.440. The minimum atomic E-state index is -0.106. The average Bonchev–Trinajstić information content (AvgIpc) is 2.81. The standard InChI is InChI=1S/C25H32ClN3O2/c1-3-28(4-2)25(31)29-16-14-21(15-17-29)24(30)27-23(20-8-6-5-7-9-20)18-19-10-12-22(26)13-11-19/h5-13,21,23H,3-4,14-18H2,1-2H3,(H,27,30). The molecule has 31 heavy (non-hydrogen) atoms. The smallest absolute Gasteiger partial charge is 0.319 e. The molecule has 1 aliphatic heterocycles. The van der Waals surface area contributed by atoms with E-state index in [0.717, 1.165) is 11.1 Å². The molecule has 2 aromatic carbocycles. The Kier molecular flexibility index (Phi) is 8.35. The minimum Gasteiger partial charge on any atom is -0.349 e. The zero-order valence-corrected chi connectivity index (χ0v) is 19.1. The normalized spacial score (nSPS) is 15.4. The molecule has 0 saturated carbocycles. The number of hydrogen-bond acceptors (Lipinski definition) is 2. The molecule has 1 saturated heterocycles. The van der Waals surface area contributed by atoms with E-state index in [2.05, 4.69) is 5.32 Å². The van der Waals surface area contributed by atoms with Crippen molar-refractivity contribution in [1.29, 1.82) is 0 Å². The van der Waals surface area contributed by atoms with Gasteiger partial charge in [0.1, 0.15) is 0 Å². The molecule has 0 radical (unpaired) electrons. The largest absolute Gasteiger partial charge is 0.349 e. The summed E-state index contributed by atoms with van der Waals surface area (Å²) in [5.74, 6) is -0.00469. The molecule has 1 heterocycles. The number of piperidine rings is 1. The van der Waals surface area contributed by atoms with Crippen molar-refractivity contribution in [2.75, 3.05) is 26.2 Å². The quantitative estimate of drug-likeness (QED) is 0.663. The number of carbonyl (C=O) groups excluding carboxylic acids is 2. The number of hydrogen-bond donors (Lipinski definition) is 1. The zero-order valence-electron chi connectivity index (χ0n) is 18.4. The lowest BCUT2D eigenvalue weighted by Gasteiger charge is -2.35. The van der Waals surface area contributed by atoms with Gasteiger partial charge in [-0.1, -0.05) is 54.1 Å². The van der Waals surface area contributed by atoms with Gasteiger partial charge in [0.2, 0.25) is 5.91 Å². The van der Waals surface area contributed by atoms with Gasteiger partial charge in [-0.3, -0.25) is 4.79 Å². The molecule has 6 heteroatoms. The number of benzene rings is 2. The van der Waals surface area contributed by atoms with Crippen LogP contribution in [0.25, 0.3) is 0 Å². The number of likely N-dealkylation sites (tertiary alicyclic amines) is 1. The van der Waals surface area contributed by atoms with Crippen LogP contribution in [0.15, 0.2) is 54.6 Å². The van der Waals surface area contributed by atoms with E-state index >= 15 is 0 Å². The SMILES string of the molecule is CCN(CC)C(=O)N1CCC(C(=O)NC(Cc2ccc(Cl)cc2)c2ccccc2)CC1. The van der Waals surface area contributed by atoms with Gasteiger partial charge < -0.3 is 15.1 Å². The predicted molar refractivity (Wildman–Crippen MR) is 125 cm³/mol. The summed E-state index contributed by atoms with van der Waals surface area (Å²) in [6.45, 7) is 6.65. The molecule has 1 fully saturated rings. The number of amides is 3. The van der Waals surface area contributed by atoms with Crippen LogP contribution in [0.3, 0.4) is 0 Å². The van der Waals surface area contributed by atoms with Gasteiger partial charge >= 0.3 is 6.03 Å². The van der Waals surface area contributed by atoms with Gasteiger partial charge in [0.15, 0.2) is 0 Å². The molecular weight excluding hydrogens is 410 g/mol. The molecule has 1 aliphatic rings. The molecule has 3 rings (SSSR count). The van der Waals surface area contributed by atoms with Gasteiger partial charge in [0, 0.05) is 37.1 Å². The summed E-state index contributed by atoms with van der Waals surface area (Å²) in [5, 5.41) is 3.97. The Morgan fingerprint density at radius 2 is 1.65 bits per heavy atom. The van der Waals surface area contributed by atoms with E-state index in [4.69, 9.17) is 11.6 Å². The first-order valence-corrected chi connectivity index (χ1v) is 11.5. The van der Waals surface area contributed by atoms with E-state index in [1.807, 2.05) is 78.2 Å². The monoisotopic (exact) mass is 441 g/mol. The maximum Gasteiger partial charge on any atom is 0.319 e. The fourth-order valence-electron chi connectivity index (χ4n) is 4.11. The molecule has 5 nitrogen and oxygen atoms in total. The van der Waals surface area contributed by atoms with Crippen LogP contribution in [-0.2, 0) is 11.2 Å². The number of rotatable bonds is 7. The van der Waals surface area contributed by atoms with E-state index in [0.29, 0.717) is 50.5 Å². The first-order chi connectivity index (χ1) is 15.0. The van der Waals surface area contributed by atoms with Crippen LogP contribution in [-0.4, -0.2) is 47.9 Å². The summed E-state index contributed by atoms with van der Waals surface area (Å²) >= 11 is 6.02. The predicted octanol–water partition coefficient (Wildman–Crippen LogP) is 4.91. The molecule has 0 aliphatic carbocycles. The second-order valence-corrected chi connectivity index (χ2v) is 8.46. The Morgan fingerprint density at radius 1 is 1.03 bits per heavy atom. The van der Waals surface area contributed by atoms with Gasteiger partial charge in [-0.15, -0.1) is 0 Å². The third kappa shape index (κ3) is 6.23. The molecule has 0 spiro atoms. The highest BCUT2D eigenvalue weighted by molar-refractivity contribution is 6.30. The first-order valence-electron chi connectivity index (χ1n) is 11.1. The third-order valence-electron chi connectivity index (χ3n) is 6.04. The highest BCUT2D eigenvalue weighted by atomic mass is 35.5. The van der Waals surface area contributed by atoms with E-state index in [1.165, 1.54) is 0 Å². The highest BCUT2D eigenvalue weighted by Crippen LogP contribution is 2.23. The topological polar surface area (TPSA) is 52.7 Å². The van der Waals surface area contributed by atoms with Crippen molar-refractivity contribution < 1.29 is 9.59 Å². The fourth-order valence-corrected chi connectivity index (χ4v) is 4.24. The van der Waals surface area contributed by atoms with Gasteiger partial charge in [0.25, 0.3) is 0 Å². The molecule has 0 bridgehead atoms. The number of urea groups is 1. The maximum absolute atomic E-state index is 13.1. The zero-order chi connectivity index (χ0) is 22.2. The van der Waals surface area contributed by atoms with Crippen LogP contribution in [0.1, 0.15) is 43.9 Å². The molecule has 2 aromatic rings. The summed E-state index contributed by atoms with van der Waals surface area (Å²) in [6.07, 6.45) is 2.09. The van der Waals surface area contributed by atoms with Crippen LogP contribution in [0.2, 0.25) is 5.02 Å². The molecular formula is C25H32ClN3O2. The van der Waals surface area contributed by atoms with E-state index in [9.17, 15) is 9.59 Å². The van der Waals surface area contributed by atoms with Crippen molar-refractivity contribution in [3.8, 4) is 0 Å². The van der Waals surface area contributed by atoms with Crippen LogP contribution >= 0.6 is 11.6 Å². The maximum atomic E-state index is 13.1. The number of nitrogens with one attached hydrogen (secondary N) is 1. The third-order valence-corrected chi connectivity index (χ3v) is 6.29. The van der Waals surface area contributed by atoms with Crippen LogP contribution in [0.5, 0.6) is 0 Å². The van der Waals surface area contributed by atoms with Crippen molar-refractivity contribution in [3.63, 3.8) is 0 Å². The lowest BCUT2D eigenvalue weighted by molar-refractivity contribution is -0.127. The molecule has 1 N–H and O–H groups in total. The van der Waals surface area contributed by atoms with Gasteiger partial charge in [-0.2, -0.15) is 0 Å². The average molecular weight is 442 g/mol. The summed E-state index contributed by atoms with van der Waals surface area (Å²) in [5.41, 5.74) is 2.21. The second kappa shape index (κ2) is 11.2. The Bertz CT molecular complexity index is 845. The second-order valence-electron chi connectivity index (χ2n) is 8.02. The van der Waals surface area contributed by atoms with Crippen molar-refractivity contribution in [3.05, 3.63) is 70.7 Å². The molecule has 0 aromatic heterocycles. The van der Waals surface area contributed by atoms with Gasteiger partial charge in [-0.25, -0.2) is 4.79 Å². The van der Waals surface area contributed by atoms with Crippen LogP contribution in [0.4, 0.5) is 4.79 Å². The van der Waals surface area contributed by atoms with Crippen molar-refractivity contribution >= 4 is 23.5 Å². The molecule has 1 atom stereocenters. The Labute approximate surface area is 190 Å². The number of carbonyl (C=O) groups is 2. The number of halogens is 1. The molecule has 1 unspecified atom stereocenters. The molecule has 3 amide bonds. The lowest BCUT2D eigenvalue weighted by atomic mass is 9.93. The van der Waals surface area contributed by atoms with Gasteiger partial charge in [0.05, 0.1) is 6.04 Å². The molecule has 166 valence electrons. The Balaban J connectivity index is 1.63. The van der Waals surface area contributed by atoms with E-state index in [-0.39, 0.29) is 23.9 Å². The van der Waals surface area contributed by atoms with Crippen molar-refractivity contribution in [1.82, 2.24) is 15.1 Å². The minimum absolute atomic E-state index is 0.0674. The van der Waals surface area contributed by atoms with E-state index in [1.54, 1.807) is 0 Å². The van der Waals surface area contributed by atoms with Crippen LogP contribution < -0.4 is 5.32 Å². The highest BCUT2D eigenvalue weighted by Gasteiger charge is 2.30. The summed E-state index contributed by atoms with van der Waals surface area (Å²) in [7, 11) is 0. The van der Waals surface area contributed by atoms with Crippen LogP contribution in [0, 0.1) is 5.92 Å². The number of nitrogens with zero attached hydrogens (tertiary/aromatic N) is 2. The summed E-state index contributed by atoms with van der Waals surface area (Å²) in [4.78, 5) is 29.4. The van der Waals surface area contributed by atoms with E-state index < -0.39 is 0 Å². The summed E-state index contributed by atoms with van der Waals surface area (Å²) in [6, 6.07) is 17.8. The Hall–Kier alpha value is -2.53. The van der Waals surface area contributed by atoms with Crippen molar-refractivity contribution in [2.45, 2.75) is 39.2 Å². The van der Waals surface area contributed by atoms with Crippen molar-refractivity contribution in [2.24, 2.45) is 5.92 Å². The van der Waals surface area contributed by atoms with Gasteiger partial charge in [-0.05, 0) is 56.4 Å². The summed E-state index contributed by atoms with van der Waals surface area (Å²) < 4.78 is 0.